The maximum absolute atomic E-state index is 5.73. The van der Waals surface area contributed by atoms with Crippen LogP contribution < -0.4 is 11.3 Å². The van der Waals surface area contributed by atoms with Gasteiger partial charge in [-0.25, -0.2) is 0 Å². The lowest BCUT2D eigenvalue weighted by molar-refractivity contribution is 0.00470. The molecule has 2 atom stereocenters. The van der Waals surface area contributed by atoms with Crippen LogP contribution in [0.5, 0.6) is 0 Å². The van der Waals surface area contributed by atoms with E-state index in [0.29, 0.717) is 12.1 Å². The van der Waals surface area contributed by atoms with Crippen LogP contribution in [0.1, 0.15) is 51.4 Å². The van der Waals surface area contributed by atoms with Crippen LogP contribution >= 0.6 is 0 Å². The van der Waals surface area contributed by atoms with E-state index in [1.165, 1.54) is 51.4 Å². The molecule has 16 heavy (non-hydrogen) atoms. The zero-order valence-corrected chi connectivity index (χ0v) is 10.5. The van der Waals surface area contributed by atoms with Crippen LogP contribution in [0.15, 0.2) is 0 Å². The van der Waals surface area contributed by atoms with Crippen LogP contribution in [0.4, 0.5) is 0 Å². The lowest BCUT2D eigenvalue weighted by atomic mass is 9.81. The largest absolute Gasteiger partial charge is 0.379 e. The van der Waals surface area contributed by atoms with E-state index in [-0.39, 0.29) is 0 Å². The maximum atomic E-state index is 5.73. The molecule has 3 N–H and O–H groups in total. The molecule has 2 saturated carbocycles. The average molecular weight is 226 g/mol. The lowest BCUT2D eigenvalue weighted by Crippen LogP contribution is -2.48. The molecular formula is C13H26N2O. The van der Waals surface area contributed by atoms with Gasteiger partial charge in [-0.15, -0.1) is 0 Å². The molecule has 2 aliphatic rings. The van der Waals surface area contributed by atoms with Gasteiger partial charge in [-0.05, 0) is 31.1 Å². The Kier molecular flexibility index (Phi) is 4.62. The highest BCUT2D eigenvalue weighted by molar-refractivity contribution is 4.88. The number of hydrazine groups is 1. The average Bonchev–Trinajstić information content (AvgIpc) is 3.14. The van der Waals surface area contributed by atoms with Gasteiger partial charge in [0.15, 0.2) is 0 Å². The third-order valence-corrected chi connectivity index (χ3v) is 4.28. The van der Waals surface area contributed by atoms with Crippen molar-refractivity contribution in [1.29, 1.82) is 0 Å². The summed E-state index contributed by atoms with van der Waals surface area (Å²) in [6, 6.07) is 0.362. The molecule has 0 bridgehead atoms. The normalized spacial score (nSPS) is 26.6. The molecule has 0 aromatic carbocycles. The Hall–Kier alpha value is -0.120. The number of rotatable bonds is 6. The molecular weight excluding hydrogens is 200 g/mol. The molecule has 0 amide bonds. The van der Waals surface area contributed by atoms with Crippen molar-refractivity contribution >= 4 is 0 Å². The van der Waals surface area contributed by atoms with Crippen molar-refractivity contribution in [3.8, 4) is 0 Å². The summed E-state index contributed by atoms with van der Waals surface area (Å²) in [5, 5.41) is 0. The highest BCUT2D eigenvalue weighted by Gasteiger charge is 2.34. The minimum absolute atomic E-state index is 0.325. The Morgan fingerprint density at radius 1 is 1.19 bits per heavy atom. The SMILES string of the molecule is COC(C1CCCCC1)C(CC1CC1)NN. The van der Waals surface area contributed by atoms with Crippen LogP contribution in [0.2, 0.25) is 0 Å². The predicted octanol–water partition coefficient (Wildman–Crippen LogP) is 2.21. The summed E-state index contributed by atoms with van der Waals surface area (Å²) in [6.45, 7) is 0. The van der Waals surface area contributed by atoms with Gasteiger partial charge in [-0.1, -0.05) is 32.1 Å². The number of hydrogen-bond donors (Lipinski definition) is 2. The predicted molar refractivity (Wildman–Crippen MR) is 65.8 cm³/mol. The highest BCUT2D eigenvalue weighted by Crippen LogP contribution is 2.37. The van der Waals surface area contributed by atoms with Gasteiger partial charge in [0.25, 0.3) is 0 Å². The summed E-state index contributed by atoms with van der Waals surface area (Å²) < 4.78 is 5.73. The van der Waals surface area contributed by atoms with E-state index in [1.807, 2.05) is 7.11 Å². The van der Waals surface area contributed by atoms with Gasteiger partial charge in [0.05, 0.1) is 6.10 Å². The van der Waals surface area contributed by atoms with Crippen molar-refractivity contribution < 1.29 is 4.74 Å². The fourth-order valence-corrected chi connectivity index (χ4v) is 3.16. The molecule has 0 spiro atoms. The van der Waals surface area contributed by atoms with Crippen LogP contribution in [0.25, 0.3) is 0 Å². The molecule has 0 saturated heterocycles. The van der Waals surface area contributed by atoms with Crippen molar-refractivity contribution in [2.24, 2.45) is 17.7 Å². The first-order valence-corrected chi connectivity index (χ1v) is 6.84. The van der Waals surface area contributed by atoms with Crippen molar-refractivity contribution in [3.63, 3.8) is 0 Å². The quantitative estimate of drug-likeness (QED) is 0.539. The van der Waals surface area contributed by atoms with Crippen molar-refractivity contribution in [2.75, 3.05) is 7.11 Å². The molecule has 3 nitrogen and oxygen atoms in total. The summed E-state index contributed by atoms with van der Waals surface area (Å²) in [7, 11) is 1.84. The topological polar surface area (TPSA) is 47.3 Å². The van der Waals surface area contributed by atoms with Crippen LogP contribution in [0.3, 0.4) is 0 Å². The Morgan fingerprint density at radius 3 is 2.38 bits per heavy atom. The third-order valence-electron chi connectivity index (χ3n) is 4.28. The van der Waals surface area contributed by atoms with Gasteiger partial charge in [-0.3, -0.25) is 11.3 Å². The first kappa shape index (κ1) is 12.3. The standard InChI is InChI=1S/C13H26N2O/c1-16-13(11-5-3-2-4-6-11)12(15-14)9-10-7-8-10/h10-13,15H,2-9,14H2,1H3. The fraction of sp³-hybridized carbons (Fsp3) is 1.00. The zero-order valence-electron chi connectivity index (χ0n) is 10.5. The van der Waals surface area contributed by atoms with Gasteiger partial charge >= 0.3 is 0 Å². The first-order chi connectivity index (χ1) is 7.85. The Labute approximate surface area is 99.1 Å². The monoisotopic (exact) mass is 226 g/mol. The van der Waals surface area contributed by atoms with Crippen LogP contribution in [-0.4, -0.2) is 19.3 Å². The smallest absolute Gasteiger partial charge is 0.0765 e. The van der Waals surface area contributed by atoms with E-state index >= 15 is 0 Å². The number of hydrogen-bond acceptors (Lipinski definition) is 3. The molecule has 2 fully saturated rings. The molecule has 2 rings (SSSR count). The number of nitrogens with one attached hydrogen (secondary N) is 1. The lowest BCUT2D eigenvalue weighted by Gasteiger charge is -2.34. The van der Waals surface area contributed by atoms with Gasteiger partial charge in [-0.2, -0.15) is 0 Å². The number of nitrogens with two attached hydrogens (primary N) is 1. The van der Waals surface area contributed by atoms with Gasteiger partial charge in [0.2, 0.25) is 0 Å². The van der Waals surface area contributed by atoms with E-state index in [4.69, 9.17) is 10.6 Å². The first-order valence-electron chi connectivity index (χ1n) is 6.84. The Morgan fingerprint density at radius 2 is 1.88 bits per heavy atom. The summed E-state index contributed by atoms with van der Waals surface area (Å²) >= 11 is 0. The van der Waals surface area contributed by atoms with Crippen LogP contribution in [-0.2, 0) is 4.74 Å². The van der Waals surface area contributed by atoms with Crippen LogP contribution in [0, 0.1) is 11.8 Å². The third kappa shape index (κ3) is 3.19. The van der Waals surface area contributed by atoms with E-state index in [2.05, 4.69) is 5.43 Å². The molecule has 0 aromatic rings. The van der Waals surface area contributed by atoms with E-state index in [0.717, 1.165) is 11.8 Å². The van der Waals surface area contributed by atoms with Gasteiger partial charge in [0.1, 0.15) is 0 Å². The number of ether oxygens (including phenoxy) is 1. The van der Waals surface area contributed by atoms with Crippen molar-refractivity contribution in [3.05, 3.63) is 0 Å². The summed E-state index contributed by atoms with van der Waals surface area (Å²) in [6.07, 6.45) is 11.1. The summed E-state index contributed by atoms with van der Waals surface area (Å²) in [5.41, 5.74) is 3.00. The van der Waals surface area contributed by atoms with Gasteiger partial charge < -0.3 is 4.74 Å². The van der Waals surface area contributed by atoms with Crippen molar-refractivity contribution in [1.82, 2.24) is 5.43 Å². The Balaban J connectivity index is 1.88. The fourth-order valence-electron chi connectivity index (χ4n) is 3.16. The molecule has 2 aliphatic carbocycles. The highest BCUT2D eigenvalue weighted by atomic mass is 16.5. The Bertz CT molecular complexity index is 200. The van der Waals surface area contributed by atoms with E-state index in [9.17, 15) is 0 Å². The molecule has 0 radical (unpaired) electrons. The van der Waals surface area contributed by atoms with E-state index in [1.54, 1.807) is 0 Å². The second-order valence-electron chi connectivity index (χ2n) is 5.55. The zero-order chi connectivity index (χ0) is 11.4. The second-order valence-corrected chi connectivity index (χ2v) is 5.55. The molecule has 3 heteroatoms. The number of methoxy groups -OCH3 is 1. The molecule has 0 aliphatic heterocycles. The maximum Gasteiger partial charge on any atom is 0.0765 e. The minimum atomic E-state index is 0.325. The molecule has 0 aromatic heterocycles. The molecule has 94 valence electrons. The summed E-state index contributed by atoms with van der Waals surface area (Å²) in [5.74, 6) is 7.33. The second kappa shape index (κ2) is 5.99. The van der Waals surface area contributed by atoms with Gasteiger partial charge in [0, 0.05) is 13.2 Å². The minimum Gasteiger partial charge on any atom is -0.379 e. The van der Waals surface area contributed by atoms with Crippen molar-refractivity contribution in [2.45, 2.75) is 63.5 Å². The summed E-state index contributed by atoms with van der Waals surface area (Å²) in [4.78, 5) is 0. The van der Waals surface area contributed by atoms with E-state index < -0.39 is 0 Å². The molecule has 2 unspecified atom stereocenters. The molecule has 0 heterocycles.